The molecule has 5 aliphatic heterocycles. The number of fused-ring (bicyclic) bond motifs is 1. The molecule has 5 saturated heterocycles. The van der Waals surface area contributed by atoms with Crippen molar-refractivity contribution in [1.29, 1.82) is 5.26 Å². The predicted octanol–water partition coefficient (Wildman–Crippen LogP) is 0.334. The number of nitriles is 1. The van der Waals surface area contributed by atoms with Crippen LogP contribution in [0, 0.1) is 35.0 Å². The zero-order chi connectivity index (χ0) is 27.8. The molecule has 0 aliphatic carbocycles. The molecule has 5 aliphatic rings. The van der Waals surface area contributed by atoms with Gasteiger partial charge in [0.1, 0.15) is 17.7 Å². The highest BCUT2D eigenvalue weighted by Crippen LogP contribution is 2.39. The van der Waals surface area contributed by atoms with Gasteiger partial charge in [0.2, 0.25) is 11.8 Å². The Kier molecular flexibility index (Phi) is 9.28. The summed E-state index contributed by atoms with van der Waals surface area (Å²) < 4.78 is 20.5. The molecule has 0 aromatic carbocycles. The first kappa shape index (κ1) is 29.3. The molecule has 10 nitrogen and oxygen atoms in total. The minimum atomic E-state index is -1.38. The Bertz CT molecular complexity index is 947. The second kappa shape index (κ2) is 12.3. The number of rotatable bonds is 5. The highest BCUT2D eigenvalue weighted by atomic mass is 35.5. The van der Waals surface area contributed by atoms with E-state index < -0.39 is 18.1 Å². The van der Waals surface area contributed by atoms with E-state index in [2.05, 4.69) is 39.6 Å². The summed E-state index contributed by atoms with van der Waals surface area (Å²) in [4.78, 5) is 28.4. The number of carbonyl (C=O) groups excluding carboxylic acids is 2. The second-order valence-corrected chi connectivity index (χ2v) is 13.7. The number of nitrogens with zero attached hydrogens (tertiary/aromatic N) is 2. The Morgan fingerprint density at radius 3 is 2.64 bits per heavy atom. The zero-order valence-electron chi connectivity index (χ0n) is 22.7. The number of piperidine rings is 3. The van der Waals surface area contributed by atoms with Crippen molar-refractivity contribution < 1.29 is 18.7 Å². The molecule has 0 aromatic heterocycles. The average molecular weight is 586 g/mol. The molecule has 0 spiro atoms. The van der Waals surface area contributed by atoms with Gasteiger partial charge in [-0.2, -0.15) is 5.26 Å². The number of nitrogens with one attached hydrogen (secondary N) is 5. The summed E-state index contributed by atoms with van der Waals surface area (Å²) in [5.41, 5.74) is -0.366. The van der Waals surface area contributed by atoms with Crippen molar-refractivity contribution in [3.8, 4) is 6.07 Å². The summed E-state index contributed by atoms with van der Waals surface area (Å²) in [7, 11) is 1.72. The molecule has 218 valence electrons. The normalized spacial score (nSPS) is 46.4. The smallest absolute Gasteiger partial charge is 0.242 e. The Hall–Kier alpha value is -1.20. The van der Waals surface area contributed by atoms with Crippen molar-refractivity contribution in [2.45, 2.75) is 85.8 Å². The van der Waals surface area contributed by atoms with Crippen molar-refractivity contribution in [3.05, 3.63) is 0 Å². The van der Waals surface area contributed by atoms with Crippen LogP contribution in [0.3, 0.4) is 0 Å². The summed E-state index contributed by atoms with van der Waals surface area (Å²) in [5, 5.41) is 25.8. The molecular weight excluding hydrogens is 545 g/mol. The standard InChI is InChI=1S/C26H41ClFN7O3S/c1-12-4-15(16-6-22(27)31-9-20(16)38-3)17(8-30-12)24(36)34-26-33-19-10-35(11-21(19)39-26)25(37)23-18(28)5-14(7-29)13(2)32-23/h12-23,26,30-33H,4-6,8-11H2,1-3H3,(H,34,36). The lowest BCUT2D eigenvalue weighted by Crippen LogP contribution is -2.59. The topological polar surface area (TPSA) is 131 Å². The summed E-state index contributed by atoms with van der Waals surface area (Å²) in [6, 6.07) is 1.32. The van der Waals surface area contributed by atoms with Crippen molar-refractivity contribution in [2.75, 3.05) is 33.3 Å². The summed E-state index contributed by atoms with van der Waals surface area (Å²) in [6.07, 6.45) is 0.365. The van der Waals surface area contributed by atoms with Gasteiger partial charge in [0.15, 0.2) is 0 Å². The van der Waals surface area contributed by atoms with Crippen LogP contribution in [0.25, 0.3) is 0 Å². The van der Waals surface area contributed by atoms with Gasteiger partial charge in [0.05, 0.1) is 29.5 Å². The third kappa shape index (κ3) is 6.20. The maximum Gasteiger partial charge on any atom is 0.242 e. The summed E-state index contributed by atoms with van der Waals surface area (Å²) in [6.45, 7) is 6.24. The van der Waals surface area contributed by atoms with Crippen molar-refractivity contribution >= 4 is 35.2 Å². The summed E-state index contributed by atoms with van der Waals surface area (Å²) in [5.74, 6) is -0.499. The van der Waals surface area contributed by atoms with Crippen LogP contribution < -0.4 is 26.6 Å². The van der Waals surface area contributed by atoms with Crippen LogP contribution in [-0.4, -0.2) is 103 Å². The first-order valence-corrected chi connectivity index (χ1v) is 15.5. The maximum atomic E-state index is 14.7. The van der Waals surface area contributed by atoms with E-state index in [1.165, 1.54) is 0 Å². The van der Waals surface area contributed by atoms with Gasteiger partial charge in [-0.15, -0.1) is 23.4 Å². The van der Waals surface area contributed by atoms with E-state index in [0.717, 1.165) is 12.8 Å². The summed E-state index contributed by atoms with van der Waals surface area (Å²) >= 11 is 8.08. The SMILES string of the molecule is COC1CNC(Cl)CC1C1CC(C)NCC1C(=O)NC1NC2CN(C(=O)C3NC(C)C(C#N)CC3F)CC2S1. The van der Waals surface area contributed by atoms with E-state index in [0.29, 0.717) is 32.2 Å². The molecule has 5 rings (SSSR count). The molecule has 2 amide bonds. The molecule has 0 aromatic rings. The van der Waals surface area contributed by atoms with Crippen molar-refractivity contribution in [1.82, 2.24) is 31.5 Å². The van der Waals surface area contributed by atoms with Crippen molar-refractivity contribution in [2.24, 2.45) is 23.7 Å². The van der Waals surface area contributed by atoms with Gasteiger partial charge >= 0.3 is 0 Å². The van der Waals surface area contributed by atoms with Crippen LogP contribution in [0.1, 0.15) is 33.1 Å². The minimum Gasteiger partial charge on any atom is -0.380 e. The molecule has 0 bridgehead atoms. The molecule has 13 heteroatoms. The van der Waals surface area contributed by atoms with Gasteiger partial charge in [0.25, 0.3) is 0 Å². The third-order valence-corrected chi connectivity index (χ3v) is 11.0. The Morgan fingerprint density at radius 1 is 1.13 bits per heavy atom. The molecule has 13 unspecified atom stereocenters. The Labute approximate surface area is 239 Å². The Balaban J connectivity index is 1.16. The van der Waals surface area contributed by atoms with Crippen LogP contribution in [0.5, 0.6) is 0 Å². The number of carbonyl (C=O) groups is 2. The quantitative estimate of drug-likeness (QED) is 0.229. The number of ether oxygens (including phenoxy) is 1. The number of likely N-dealkylation sites (tertiary alicyclic amines) is 1. The number of hydrogen-bond donors (Lipinski definition) is 5. The molecule has 39 heavy (non-hydrogen) atoms. The zero-order valence-corrected chi connectivity index (χ0v) is 24.3. The maximum absolute atomic E-state index is 14.7. The van der Waals surface area contributed by atoms with E-state index in [1.54, 1.807) is 23.8 Å². The van der Waals surface area contributed by atoms with E-state index in [9.17, 15) is 19.2 Å². The van der Waals surface area contributed by atoms with Gasteiger partial charge in [-0.3, -0.25) is 25.5 Å². The molecule has 0 radical (unpaired) electrons. The lowest BCUT2D eigenvalue weighted by Gasteiger charge is -2.45. The molecular formula is C26H41ClFN7O3S. The molecule has 0 saturated carbocycles. The van der Waals surface area contributed by atoms with Crippen LogP contribution >= 0.6 is 23.4 Å². The number of halogens is 2. The van der Waals surface area contributed by atoms with Crippen LogP contribution in [0.4, 0.5) is 4.39 Å². The largest absolute Gasteiger partial charge is 0.380 e. The highest BCUT2D eigenvalue weighted by Gasteiger charge is 2.49. The van der Waals surface area contributed by atoms with E-state index in [4.69, 9.17) is 16.3 Å². The number of methoxy groups -OCH3 is 1. The average Bonchev–Trinajstić information content (AvgIpc) is 3.48. The monoisotopic (exact) mass is 585 g/mol. The van der Waals surface area contributed by atoms with Gasteiger partial charge in [-0.25, -0.2) is 4.39 Å². The van der Waals surface area contributed by atoms with Crippen LogP contribution in [0.15, 0.2) is 0 Å². The third-order valence-electron chi connectivity index (χ3n) is 9.36. The fourth-order valence-corrected chi connectivity index (χ4v) is 8.82. The minimum absolute atomic E-state index is 0.0174. The molecule has 5 fully saturated rings. The van der Waals surface area contributed by atoms with Crippen LogP contribution in [-0.2, 0) is 14.3 Å². The van der Waals surface area contributed by atoms with Gasteiger partial charge in [-0.1, -0.05) is 0 Å². The molecule has 13 atom stereocenters. The van der Waals surface area contributed by atoms with Gasteiger partial charge in [-0.05, 0) is 44.9 Å². The van der Waals surface area contributed by atoms with E-state index in [1.807, 2.05) is 6.92 Å². The Morgan fingerprint density at radius 2 is 1.92 bits per heavy atom. The van der Waals surface area contributed by atoms with E-state index in [-0.39, 0.29) is 70.4 Å². The number of hydrogen-bond acceptors (Lipinski definition) is 9. The van der Waals surface area contributed by atoms with E-state index >= 15 is 0 Å². The lowest BCUT2D eigenvalue weighted by atomic mass is 9.70. The highest BCUT2D eigenvalue weighted by molar-refractivity contribution is 8.00. The fraction of sp³-hybridized carbons (Fsp3) is 0.885. The predicted molar refractivity (Wildman–Crippen MR) is 147 cm³/mol. The molecule has 5 N–H and O–H groups in total. The molecule has 5 heterocycles. The second-order valence-electron chi connectivity index (χ2n) is 11.9. The number of alkyl halides is 2. The number of amides is 2. The lowest BCUT2D eigenvalue weighted by molar-refractivity contribution is -0.135. The fourth-order valence-electron chi connectivity index (χ4n) is 7.12. The number of thioether (sulfide) groups is 1. The van der Waals surface area contributed by atoms with Crippen LogP contribution in [0.2, 0.25) is 0 Å². The van der Waals surface area contributed by atoms with Gasteiger partial charge in [0, 0.05) is 56.7 Å². The van der Waals surface area contributed by atoms with Gasteiger partial charge < -0.3 is 20.3 Å². The first-order valence-electron chi connectivity index (χ1n) is 14.1. The van der Waals surface area contributed by atoms with Crippen molar-refractivity contribution in [3.63, 3.8) is 0 Å². The first-order chi connectivity index (χ1) is 18.7.